The van der Waals surface area contributed by atoms with Crippen molar-refractivity contribution in [1.29, 1.82) is 0 Å². The van der Waals surface area contributed by atoms with Gasteiger partial charge >= 0.3 is 5.97 Å². The number of aliphatic carboxylic acids is 1. The topological polar surface area (TPSA) is 125 Å². The fourth-order valence-electron chi connectivity index (χ4n) is 4.16. The van der Waals surface area contributed by atoms with Crippen molar-refractivity contribution in [2.75, 3.05) is 23.4 Å². The van der Waals surface area contributed by atoms with Crippen molar-refractivity contribution < 1.29 is 34.4 Å². The zero-order valence-corrected chi connectivity index (χ0v) is 21.8. The van der Waals surface area contributed by atoms with Gasteiger partial charge in [0.2, 0.25) is 5.91 Å². The van der Waals surface area contributed by atoms with Gasteiger partial charge in [-0.3, -0.25) is 9.59 Å². The first kappa shape index (κ1) is 29.1. The molecule has 2 aromatic carbocycles. The van der Waals surface area contributed by atoms with E-state index in [9.17, 15) is 14.7 Å². The number of hydrogen-bond acceptors (Lipinski definition) is 7. The number of rotatable bonds is 15. The number of carboxylic acid groups (broad SMARTS) is 1. The quantitative estimate of drug-likeness (QED) is 0.241. The molecule has 0 aromatic heterocycles. The highest BCUT2D eigenvalue weighted by atomic mass is 32.2. The molecule has 3 atom stereocenters. The number of carboxylic acids is 1. The van der Waals surface area contributed by atoms with Crippen LogP contribution >= 0.6 is 11.8 Å². The molecule has 2 aromatic rings. The first-order valence-corrected chi connectivity index (χ1v) is 13.9. The van der Waals surface area contributed by atoms with E-state index in [1.54, 1.807) is 11.8 Å². The van der Waals surface area contributed by atoms with Crippen LogP contribution in [-0.4, -0.2) is 51.4 Å². The summed E-state index contributed by atoms with van der Waals surface area (Å²) in [7, 11) is 0. The average Bonchev–Trinajstić information content (AvgIpc) is 2.91. The Labute approximate surface area is 222 Å². The zero-order valence-electron chi connectivity index (χ0n) is 21.0. The number of amides is 1. The largest absolute Gasteiger partial charge is 0.481 e. The summed E-state index contributed by atoms with van der Waals surface area (Å²) in [5.74, 6) is 0.547. The molecule has 1 heterocycles. The fraction of sp³-hybridized carbons (Fsp3) is 0.500. The van der Waals surface area contributed by atoms with Crippen molar-refractivity contribution in [3.8, 4) is 0 Å². The van der Waals surface area contributed by atoms with Crippen LogP contribution in [0.25, 0.3) is 0 Å². The van der Waals surface area contributed by atoms with Crippen LogP contribution < -0.4 is 5.32 Å². The van der Waals surface area contributed by atoms with Crippen molar-refractivity contribution in [1.82, 2.24) is 0 Å². The van der Waals surface area contributed by atoms with E-state index >= 15 is 0 Å². The van der Waals surface area contributed by atoms with Gasteiger partial charge in [0.1, 0.15) is 0 Å². The smallest absolute Gasteiger partial charge is 0.303 e. The Kier molecular flexibility index (Phi) is 12.4. The number of ether oxygens (including phenoxy) is 2. The molecule has 0 bridgehead atoms. The Morgan fingerprint density at radius 2 is 1.57 bits per heavy atom. The van der Waals surface area contributed by atoms with Crippen LogP contribution in [0.1, 0.15) is 74.0 Å². The molecule has 1 saturated heterocycles. The molecule has 0 aliphatic carbocycles. The predicted molar refractivity (Wildman–Crippen MR) is 143 cm³/mol. The summed E-state index contributed by atoms with van der Waals surface area (Å²) in [4.78, 5) is 22.8. The lowest BCUT2D eigenvalue weighted by molar-refractivity contribution is -0.245. The van der Waals surface area contributed by atoms with Crippen molar-refractivity contribution in [2.24, 2.45) is 0 Å². The van der Waals surface area contributed by atoms with Crippen LogP contribution in [0.3, 0.4) is 0 Å². The van der Waals surface area contributed by atoms with Crippen LogP contribution in [0.15, 0.2) is 48.5 Å². The molecule has 3 rings (SSSR count). The lowest BCUT2D eigenvalue weighted by Gasteiger charge is -2.36. The molecule has 1 amide bonds. The lowest BCUT2D eigenvalue weighted by atomic mass is 10.0. The highest BCUT2D eigenvalue weighted by Gasteiger charge is 2.32. The molecule has 202 valence electrons. The molecule has 0 unspecified atom stereocenters. The number of aliphatic hydroxyl groups excluding tert-OH is 2. The summed E-state index contributed by atoms with van der Waals surface area (Å²) in [6, 6.07) is 15.2. The van der Waals surface area contributed by atoms with Gasteiger partial charge in [0, 0.05) is 42.0 Å². The number of hydrogen-bond donors (Lipinski definition) is 4. The molecule has 37 heavy (non-hydrogen) atoms. The Morgan fingerprint density at radius 3 is 2.22 bits per heavy atom. The van der Waals surface area contributed by atoms with E-state index in [-0.39, 0.29) is 37.7 Å². The summed E-state index contributed by atoms with van der Waals surface area (Å²) >= 11 is 1.64. The van der Waals surface area contributed by atoms with Gasteiger partial charge < -0.3 is 30.1 Å². The molecule has 1 aliphatic heterocycles. The van der Waals surface area contributed by atoms with Gasteiger partial charge in [-0.25, -0.2) is 0 Å². The molecule has 1 fully saturated rings. The van der Waals surface area contributed by atoms with Gasteiger partial charge in [0.25, 0.3) is 0 Å². The molecular formula is C28H37NO7S. The van der Waals surface area contributed by atoms with E-state index < -0.39 is 12.3 Å². The number of aliphatic hydroxyl groups is 2. The van der Waals surface area contributed by atoms with Gasteiger partial charge in [-0.1, -0.05) is 49.2 Å². The summed E-state index contributed by atoms with van der Waals surface area (Å²) in [5, 5.41) is 30.1. The first-order chi connectivity index (χ1) is 18.0. The van der Waals surface area contributed by atoms with Crippen molar-refractivity contribution >= 4 is 29.3 Å². The summed E-state index contributed by atoms with van der Waals surface area (Å²) in [6.45, 7) is 0.120. The predicted octanol–water partition coefficient (Wildman–Crippen LogP) is 4.81. The van der Waals surface area contributed by atoms with Gasteiger partial charge in [0.05, 0.1) is 25.4 Å². The number of carbonyl (C=O) groups excluding carboxylic acids is 1. The monoisotopic (exact) mass is 531 g/mol. The van der Waals surface area contributed by atoms with Gasteiger partial charge in [-0.15, -0.1) is 0 Å². The average molecular weight is 532 g/mol. The number of unbranched alkanes of at least 4 members (excludes halogenated alkanes) is 3. The SMILES string of the molecule is O=C(O)CCCCCCC(=O)Nc1ccc([C@H]2O[C@@H](CSCCO)C[C@@H](c3ccc(CO)cc3)O2)cc1. The second-order valence-electron chi connectivity index (χ2n) is 9.13. The van der Waals surface area contributed by atoms with Crippen LogP contribution in [0.4, 0.5) is 5.69 Å². The van der Waals surface area contributed by atoms with Crippen LogP contribution in [0.5, 0.6) is 0 Å². The third-order valence-corrected chi connectivity index (χ3v) is 7.24. The molecule has 0 radical (unpaired) electrons. The molecule has 0 spiro atoms. The van der Waals surface area contributed by atoms with Crippen molar-refractivity contribution in [3.63, 3.8) is 0 Å². The number of carbonyl (C=O) groups is 2. The Bertz CT molecular complexity index is 968. The van der Waals surface area contributed by atoms with Crippen LogP contribution in [0, 0.1) is 0 Å². The molecule has 9 heteroatoms. The van der Waals surface area contributed by atoms with E-state index in [2.05, 4.69) is 5.32 Å². The highest BCUT2D eigenvalue weighted by Crippen LogP contribution is 2.39. The van der Waals surface area contributed by atoms with Crippen molar-refractivity contribution in [2.45, 2.75) is 70.1 Å². The maximum Gasteiger partial charge on any atom is 0.303 e. The van der Waals surface area contributed by atoms with Crippen molar-refractivity contribution in [3.05, 3.63) is 65.2 Å². The highest BCUT2D eigenvalue weighted by molar-refractivity contribution is 7.99. The molecule has 0 saturated carbocycles. The lowest BCUT2D eigenvalue weighted by Crippen LogP contribution is -2.31. The second kappa shape index (κ2) is 15.7. The Hall–Kier alpha value is -2.43. The second-order valence-corrected chi connectivity index (χ2v) is 10.3. The summed E-state index contributed by atoms with van der Waals surface area (Å²) in [5.41, 5.74) is 3.42. The van der Waals surface area contributed by atoms with E-state index in [0.29, 0.717) is 30.7 Å². The Morgan fingerprint density at radius 1 is 0.892 bits per heavy atom. The van der Waals surface area contributed by atoms with Gasteiger partial charge in [-0.2, -0.15) is 11.8 Å². The maximum atomic E-state index is 12.3. The maximum absolute atomic E-state index is 12.3. The number of benzene rings is 2. The molecule has 8 nitrogen and oxygen atoms in total. The van der Waals surface area contributed by atoms with E-state index in [0.717, 1.165) is 41.7 Å². The van der Waals surface area contributed by atoms with E-state index in [1.807, 2.05) is 48.5 Å². The van der Waals surface area contributed by atoms with Gasteiger partial charge in [0.15, 0.2) is 6.29 Å². The first-order valence-electron chi connectivity index (χ1n) is 12.8. The number of anilines is 1. The van der Waals surface area contributed by atoms with Crippen LogP contribution in [-0.2, 0) is 25.7 Å². The fourth-order valence-corrected chi connectivity index (χ4v) is 4.94. The molecular weight excluding hydrogens is 494 g/mol. The van der Waals surface area contributed by atoms with E-state index in [1.165, 1.54) is 0 Å². The molecule has 1 aliphatic rings. The molecule has 4 N–H and O–H groups in total. The van der Waals surface area contributed by atoms with Gasteiger partial charge in [-0.05, 0) is 36.1 Å². The van der Waals surface area contributed by atoms with Crippen LogP contribution in [0.2, 0.25) is 0 Å². The minimum atomic E-state index is -0.784. The minimum Gasteiger partial charge on any atom is -0.481 e. The number of thioether (sulfide) groups is 1. The third-order valence-electron chi connectivity index (χ3n) is 6.17. The summed E-state index contributed by atoms with van der Waals surface area (Å²) < 4.78 is 12.6. The van der Waals surface area contributed by atoms with E-state index in [4.69, 9.17) is 19.7 Å². The normalized spacial score (nSPS) is 19.5. The number of nitrogens with one attached hydrogen (secondary N) is 1. The third kappa shape index (κ3) is 10.1. The zero-order chi connectivity index (χ0) is 26.5. The minimum absolute atomic E-state index is 0.00631. The standard InChI is InChI=1S/C28H37NO7S/c30-15-16-37-19-24-17-25(21-9-7-20(18-31)8-10-21)36-28(35-24)22-11-13-23(14-12-22)29-26(32)5-3-1-2-4-6-27(33)34/h7-14,24-25,28,30-31H,1-6,15-19H2,(H,29,32)(H,33,34)/t24-,25+,28+/m1/s1. The Balaban J connectivity index is 1.56. The summed E-state index contributed by atoms with van der Waals surface area (Å²) in [6.07, 6.45) is 3.49.